The molecular formula is C17H19NO3. The number of carbonyl (C=O) groups is 1. The number of hydroxylamine groups is 1. The van der Waals surface area contributed by atoms with Crippen molar-refractivity contribution in [3.05, 3.63) is 65.7 Å². The minimum atomic E-state index is -0.195. The molecule has 1 N–H and O–H groups in total. The molecule has 21 heavy (non-hydrogen) atoms. The molecule has 0 spiro atoms. The highest BCUT2D eigenvalue weighted by atomic mass is 16.6. The average Bonchev–Trinajstić information content (AvgIpc) is 2.50. The molecule has 0 aliphatic carbocycles. The smallest absolute Gasteiger partial charge is 0.246 e. The highest BCUT2D eigenvalue weighted by Crippen LogP contribution is 2.16. The van der Waals surface area contributed by atoms with Crippen LogP contribution in [0.25, 0.3) is 0 Å². The van der Waals surface area contributed by atoms with E-state index in [4.69, 9.17) is 9.57 Å². The first-order valence-corrected chi connectivity index (χ1v) is 6.88. The first kappa shape index (κ1) is 15.1. The van der Waals surface area contributed by atoms with Gasteiger partial charge >= 0.3 is 0 Å². The summed E-state index contributed by atoms with van der Waals surface area (Å²) < 4.78 is 5.56. The summed E-state index contributed by atoms with van der Waals surface area (Å²) in [5.41, 5.74) is 4.48. The summed E-state index contributed by atoms with van der Waals surface area (Å²) in [6.07, 6.45) is 0.253. The number of para-hydroxylation sites is 1. The van der Waals surface area contributed by atoms with Gasteiger partial charge in [0.2, 0.25) is 5.91 Å². The normalized spacial score (nSPS) is 10.1. The number of aryl methyl sites for hydroxylation is 1. The molecule has 1 amide bonds. The van der Waals surface area contributed by atoms with Crippen molar-refractivity contribution >= 4 is 5.91 Å². The van der Waals surface area contributed by atoms with E-state index in [1.807, 2.05) is 61.5 Å². The molecule has 2 rings (SSSR count). The summed E-state index contributed by atoms with van der Waals surface area (Å²) >= 11 is 0. The second kappa shape index (κ2) is 8.07. The number of ether oxygens (including phenoxy) is 1. The molecule has 0 aliphatic heterocycles. The molecule has 0 unspecified atom stereocenters. The fourth-order valence-electron chi connectivity index (χ4n) is 1.80. The highest BCUT2D eigenvalue weighted by Gasteiger charge is 2.03. The summed E-state index contributed by atoms with van der Waals surface area (Å²) in [6.45, 7) is 2.65. The first-order valence-electron chi connectivity index (χ1n) is 6.88. The molecule has 4 nitrogen and oxygen atoms in total. The second-order valence-corrected chi connectivity index (χ2v) is 4.66. The summed E-state index contributed by atoms with van der Waals surface area (Å²) in [5, 5.41) is 0. The van der Waals surface area contributed by atoms with E-state index in [0.29, 0.717) is 13.2 Å². The van der Waals surface area contributed by atoms with E-state index in [2.05, 4.69) is 5.48 Å². The van der Waals surface area contributed by atoms with Gasteiger partial charge in [0.25, 0.3) is 0 Å². The summed E-state index contributed by atoms with van der Waals surface area (Å²) in [5.74, 6) is 0.606. The van der Waals surface area contributed by atoms with Crippen LogP contribution in [0.5, 0.6) is 5.75 Å². The summed E-state index contributed by atoms with van der Waals surface area (Å²) in [7, 11) is 0. The predicted octanol–water partition coefficient (Wildman–Crippen LogP) is 3.01. The Kier molecular flexibility index (Phi) is 5.79. The lowest BCUT2D eigenvalue weighted by Gasteiger charge is -2.09. The van der Waals surface area contributed by atoms with Gasteiger partial charge in [0.1, 0.15) is 5.75 Å². The number of hydrogen-bond acceptors (Lipinski definition) is 3. The Morgan fingerprint density at radius 3 is 2.52 bits per heavy atom. The zero-order chi connectivity index (χ0) is 14.9. The lowest BCUT2D eigenvalue weighted by Crippen LogP contribution is -2.25. The van der Waals surface area contributed by atoms with Crippen LogP contribution in [0.1, 0.15) is 17.5 Å². The van der Waals surface area contributed by atoms with Crippen LogP contribution in [-0.2, 0) is 16.2 Å². The van der Waals surface area contributed by atoms with Gasteiger partial charge in [0, 0.05) is 0 Å². The molecule has 4 heteroatoms. The Hall–Kier alpha value is -2.33. The van der Waals surface area contributed by atoms with Crippen molar-refractivity contribution in [3.63, 3.8) is 0 Å². The Labute approximate surface area is 124 Å². The summed E-state index contributed by atoms with van der Waals surface area (Å²) in [6, 6.07) is 17.4. The monoisotopic (exact) mass is 285 g/mol. The minimum Gasteiger partial charge on any atom is -0.493 e. The number of hydrogen-bond donors (Lipinski definition) is 1. The van der Waals surface area contributed by atoms with Gasteiger partial charge in [-0.2, -0.15) is 0 Å². The molecule has 0 radical (unpaired) electrons. The van der Waals surface area contributed by atoms with Gasteiger partial charge in [-0.15, -0.1) is 0 Å². The maximum absolute atomic E-state index is 11.6. The topological polar surface area (TPSA) is 47.6 Å². The lowest BCUT2D eigenvalue weighted by molar-refractivity contribution is -0.135. The van der Waals surface area contributed by atoms with Crippen LogP contribution in [-0.4, -0.2) is 12.5 Å². The molecule has 0 saturated carbocycles. The van der Waals surface area contributed by atoms with Crippen LogP contribution in [0.15, 0.2) is 54.6 Å². The van der Waals surface area contributed by atoms with Gasteiger partial charge in [-0.1, -0.05) is 48.5 Å². The number of rotatable bonds is 7. The molecule has 2 aromatic rings. The van der Waals surface area contributed by atoms with Crippen molar-refractivity contribution in [2.24, 2.45) is 0 Å². The van der Waals surface area contributed by atoms with Gasteiger partial charge in [0.05, 0.1) is 19.6 Å². The summed E-state index contributed by atoms with van der Waals surface area (Å²) in [4.78, 5) is 16.7. The number of amides is 1. The average molecular weight is 285 g/mol. The van der Waals surface area contributed by atoms with Gasteiger partial charge in [0.15, 0.2) is 0 Å². The molecule has 0 atom stereocenters. The zero-order valence-electron chi connectivity index (χ0n) is 12.0. The van der Waals surface area contributed by atoms with Crippen LogP contribution in [0.3, 0.4) is 0 Å². The van der Waals surface area contributed by atoms with Crippen LogP contribution in [0.4, 0.5) is 0 Å². The molecule has 110 valence electrons. The third kappa shape index (κ3) is 5.28. The van der Waals surface area contributed by atoms with Gasteiger partial charge in [-0.3, -0.25) is 9.63 Å². The van der Waals surface area contributed by atoms with Crippen molar-refractivity contribution in [1.82, 2.24) is 5.48 Å². The Bertz CT molecular complexity index is 569. The van der Waals surface area contributed by atoms with E-state index < -0.39 is 0 Å². The Morgan fingerprint density at radius 1 is 1.05 bits per heavy atom. The van der Waals surface area contributed by atoms with Gasteiger partial charge in [-0.25, -0.2) is 5.48 Å². The maximum Gasteiger partial charge on any atom is 0.246 e. The highest BCUT2D eigenvalue weighted by molar-refractivity contribution is 5.74. The SMILES string of the molecule is Cc1ccccc1OCCC(=O)NOCc1ccccc1. The standard InChI is InChI=1S/C17H19NO3/c1-14-7-5-6-10-16(14)20-12-11-17(19)18-21-13-15-8-3-2-4-9-15/h2-10H,11-13H2,1H3,(H,18,19). The Balaban J connectivity index is 1.63. The molecule has 0 saturated heterocycles. The van der Waals surface area contributed by atoms with E-state index >= 15 is 0 Å². The minimum absolute atomic E-state index is 0.195. The molecule has 0 bridgehead atoms. The molecule has 0 aliphatic rings. The maximum atomic E-state index is 11.6. The number of benzene rings is 2. The van der Waals surface area contributed by atoms with E-state index in [0.717, 1.165) is 16.9 Å². The third-order valence-corrected chi connectivity index (χ3v) is 2.95. The largest absolute Gasteiger partial charge is 0.493 e. The fraction of sp³-hybridized carbons (Fsp3) is 0.235. The van der Waals surface area contributed by atoms with Crippen LogP contribution in [0.2, 0.25) is 0 Å². The first-order chi connectivity index (χ1) is 10.3. The molecule has 0 aromatic heterocycles. The van der Waals surface area contributed by atoms with Crippen molar-refractivity contribution in [3.8, 4) is 5.75 Å². The fourth-order valence-corrected chi connectivity index (χ4v) is 1.80. The van der Waals surface area contributed by atoms with Crippen LogP contribution < -0.4 is 10.2 Å². The third-order valence-electron chi connectivity index (χ3n) is 2.95. The quantitative estimate of drug-likeness (QED) is 0.795. The van der Waals surface area contributed by atoms with Gasteiger partial charge < -0.3 is 4.74 Å². The van der Waals surface area contributed by atoms with Crippen molar-refractivity contribution < 1.29 is 14.4 Å². The molecule has 2 aromatic carbocycles. The zero-order valence-corrected chi connectivity index (χ0v) is 12.0. The van der Waals surface area contributed by atoms with Crippen molar-refractivity contribution in [1.29, 1.82) is 0 Å². The van der Waals surface area contributed by atoms with E-state index in [9.17, 15) is 4.79 Å². The molecule has 0 fully saturated rings. The number of carbonyl (C=O) groups excluding carboxylic acids is 1. The second-order valence-electron chi connectivity index (χ2n) is 4.66. The van der Waals surface area contributed by atoms with Gasteiger partial charge in [-0.05, 0) is 24.1 Å². The van der Waals surface area contributed by atoms with Crippen molar-refractivity contribution in [2.75, 3.05) is 6.61 Å². The molecule has 0 heterocycles. The number of nitrogens with one attached hydrogen (secondary N) is 1. The molecular weight excluding hydrogens is 266 g/mol. The lowest BCUT2D eigenvalue weighted by atomic mass is 10.2. The predicted molar refractivity (Wildman–Crippen MR) is 80.7 cm³/mol. The van der Waals surface area contributed by atoms with Crippen LogP contribution in [0, 0.1) is 6.92 Å². The Morgan fingerprint density at radius 2 is 1.76 bits per heavy atom. The van der Waals surface area contributed by atoms with Crippen molar-refractivity contribution in [2.45, 2.75) is 20.0 Å². The van der Waals surface area contributed by atoms with E-state index in [1.54, 1.807) is 0 Å². The van der Waals surface area contributed by atoms with E-state index in [1.165, 1.54) is 0 Å². The van der Waals surface area contributed by atoms with E-state index in [-0.39, 0.29) is 12.3 Å². The van der Waals surface area contributed by atoms with Crippen LogP contribution >= 0.6 is 0 Å².